The molecule has 106 valence electrons. The molecule has 5 nitrogen and oxygen atoms in total. The lowest BCUT2D eigenvalue weighted by molar-refractivity contribution is -0.138. The number of methoxy groups -OCH3 is 2. The van der Waals surface area contributed by atoms with Crippen molar-refractivity contribution in [2.75, 3.05) is 14.2 Å². The molecule has 0 bridgehead atoms. The molecule has 1 unspecified atom stereocenters. The van der Waals surface area contributed by atoms with E-state index in [4.69, 9.17) is 31.9 Å². The van der Waals surface area contributed by atoms with Gasteiger partial charge in [-0.05, 0) is 18.1 Å². The largest absolute Gasteiger partial charge is 0.493 e. The first-order valence-electron chi connectivity index (χ1n) is 5.86. The number of benzene rings is 1. The van der Waals surface area contributed by atoms with Crippen LogP contribution in [0.4, 0.5) is 0 Å². The average Bonchev–Trinajstić information content (AvgIpc) is 2.40. The maximum absolute atomic E-state index is 10.9. The Kier molecular flexibility index (Phi) is 5.44. The molecule has 19 heavy (non-hydrogen) atoms. The van der Waals surface area contributed by atoms with Crippen LogP contribution in [-0.2, 0) is 17.6 Å². The smallest absolute Gasteiger partial charge is 0.320 e. The van der Waals surface area contributed by atoms with Crippen LogP contribution in [0.3, 0.4) is 0 Å². The van der Waals surface area contributed by atoms with Gasteiger partial charge in [-0.2, -0.15) is 0 Å². The predicted octanol–water partition coefficient (Wildman–Crippen LogP) is 1.87. The molecule has 0 saturated carbocycles. The molecule has 0 aromatic heterocycles. The number of rotatable bonds is 6. The van der Waals surface area contributed by atoms with Gasteiger partial charge in [-0.15, -0.1) is 0 Å². The van der Waals surface area contributed by atoms with Crippen LogP contribution in [0.15, 0.2) is 6.07 Å². The predicted molar refractivity (Wildman–Crippen MR) is 73.2 cm³/mol. The molecule has 0 heterocycles. The number of carboxylic acids is 1. The Morgan fingerprint density at radius 1 is 1.47 bits per heavy atom. The van der Waals surface area contributed by atoms with Gasteiger partial charge in [0.1, 0.15) is 6.04 Å². The molecular weight excluding hydrogens is 270 g/mol. The Morgan fingerprint density at radius 2 is 2.11 bits per heavy atom. The van der Waals surface area contributed by atoms with Crippen LogP contribution in [0.1, 0.15) is 18.1 Å². The van der Waals surface area contributed by atoms with Crippen molar-refractivity contribution in [1.29, 1.82) is 0 Å². The van der Waals surface area contributed by atoms with Gasteiger partial charge in [0.25, 0.3) is 0 Å². The molecule has 0 aliphatic heterocycles. The number of carboxylic acid groups (broad SMARTS) is 1. The minimum Gasteiger partial charge on any atom is -0.493 e. The fourth-order valence-corrected chi connectivity index (χ4v) is 2.20. The number of hydrogen-bond donors (Lipinski definition) is 2. The van der Waals surface area contributed by atoms with E-state index in [0.717, 1.165) is 5.56 Å². The van der Waals surface area contributed by atoms with E-state index >= 15 is 0 Å². The van der Waals surface area contributed by atoms with Crippen molar-refractivity contribution in [2.45, 2.75) is 25.8 Å². The summed E-state index contributed by atoms with van der Waals surface area (Å²) in [5.74, 6) is -0.128. The highest BCUT2D eigenvalue weighted by Crippen LogP contribution is 2.39. The fraction of sp³-hybridized carbons (Fsp3) is 0.462. The first-order valence-corrected chi connectivity index (χ1v) is 6.24. The third-order valence-electron chi connectivity index (χ3n) is 2.90. The third-order valence-corrected chi connectivity index (χ3v) is 3.37. The summed E-state index contributed by atoms with van der Waals surface area (Å²) in [6, 6.07) is 0.750. The van der Waals surface area contributed by atoms with Crippen molar-refractivity contribution in [3.63, 3.8) is 0 Å². The molecule has 0 aliphatic carbocycles. The highest BCUT2D eigenvalue weighted by Gasteiger charge is 2.22. The second-order valence-corrected chi connectivity index (χ2v) is 4.44. The first-order chi connectivity index (χ1) is 8.96. The summed E-state index contributed by atoms with van der Waals surface area (Å²) in [5, 5.41) is 9.39. The zero-order chi connectivity index (χ0) is 14.6. The number of ether oxygens (including phenoxy) is 2. The van der Waals surface area contributed by atoms with E-state index in [1.165, 1.54) is 14.2 Å². The Balaban J connectivity index is 3.36. The molecule has 1 rings (SSSR count). The quantitative estimate of drug-likeness (QED) is 0.835. The summed E-state index contributed by atoms with van der Waals surface area (Å²) < 4.78 is 10.5. The lowest BCUT2D eigenvalue weighted by atomic mass is 10.0. The lowest BCUT2D eigenvalue weighted by Gasteiger charge is -2.18. The maximum Gasteiger partial charge on any atom is 0.320 e. The highest BCUT2D eigenvalue weighted by molar-refractivity contribution is 6.32. The van der Waals surface area contributed by atoms with Crippen molar-refractivity contribution >= 4 is 17.6 Å². The van der Waals surface area contributed by atoms with Gasteiger partial charge in [0.05, 0.1) is 19.2 Å². The van der Waals surface area contributed by atoms with Crippen LogP contribution >= 0.6 is 11.6 Å². The van der Waals surface area contributed by atoms with E-state index in [2.05, 4.69) is 0 Å². The lowest BCUT2D eigenvalue weighted by Crippen LogP contribution is -2.32. The number of hydrogen-bond acceptors (Lipinski definition) is 4. The van der Waals surface area contributed by atoms with Crippen LogP contribution in [0.25, 0.3) is 0 Å². The van der Waals surface area contributed by atoms with E-state index < -0.39 is 12.0 Å². The van der Waals surface area contributed by atoms with Crippen LogP contribution in [0, 0.1) is 0 Å². The van der Waals surface area contributed by atoms with Gasteiger partial charge in [0.2, 0.25) is 0 Å². The molecule has 3 N–H and O–H groups in total. The summed E-state index contributed by atoms with van der Waals surface area (Å²) in [7, 11) is 3.00. The van der Waals surface area contributed by atoms with Crippen molar-refractivity contribution in [1.82, 2.24) is 0 Å². The SMILES string of the molecule is CCc1cc(OC)c(OC)c(CC(N)C(=O)O)c1Cl. The van der Waals surface area contributed by atoms with Gasteiger partial charge < -0.3 is 20.3 Å². The fourth-order valence-electron chi connectivity index (χ4n) is 1.85. The molecule has 1 atom stereocenters. The Hall–Kier alpha value is -1.46. The second kappa shape index (κ2) is 6.63. The molecule has 0 amide bonds. The third kappa shape index (κ3) is 3.30. The molecule has 1 aromatic rings. The highest BCUT2D eigenvalue weighted by atomic mass is 35.5. The maximum atomic E-state index is 10.9. The summed E-state index contributed by atoms with van der Waals surface area (Å²) in [6.07, 6.45) is 0.788. The van der Waals surface area contributed by atoms with Crippen molar-refractivity contribution in [3.05, 3.63) is 22.2 Å². The van der Waals surface area contributed by atoms with Gasteiger partial charge in [-0.3, -0.25) is 4.79 Å². The summed E-state index contributed by atoms with van der Waals surface area (Å²) in [6.45, 7) is 1.95. The van der Waals surface area contributed by atoms with E-state index in [0.29, 0.717) is 28.5 Å². The molecule has 0 saturated heterocycles. The zero-order valence-electron chi connectivity index (χ0n) is 11.2. The standard InChI is InChI=1S/C13H18ClNO4/c1-4-7-5-10(18-2)12(19-3)8(11(7)14)6-9(15)13(16)17/h5,9H,4,6,15H2,1-3H3,(H,16,17). The number of halogens is 1. The van der Waals surface area contributed by atoms with Crippen molar-refractivity contribution in [3.8, 4) is 11.5 Å². The summed E-state index contributed by atoms with van der Waals surface area (Å²) >= 11 is 6.29. The first kappa shape index (κ1) is 15.6. The van der Waals surface area contributed by atoms with E-state index in [-0.39, 0.29) is 6.42 Å². The number of carbonyl (C=O) groups is 1. The second-order valence-electron chi connectivity index (χ2n) is 4.07. The number of aryl methyl sites for hydroxylation is 1. The minimum atomic E-state index is -1.08. The van der Waals surface area contributed by atoms with Gasteiger partial charge in [-0.25, -0.2) is 0 Å². The molecule has 0 aliphatic rings. The zero-order valence-corrected chi connectivity index (χ0v) is 12.0. The average molecular weight is 288 g/mol. The van der Waals surface area contributed by atoms with E-state index in [1.807, 2.05) is 6.92 Å². The molecule has 6 heteroatoms. The molecule has 0 radical (unpaired) electrons. The summed E-state index contributed by atoms with van der Waals surface area (Å²) in [4.78, 5) is 10.9. The minimum absolute atomic E-state index is 0.0849. The van der Waals surface area contributed by atoms with Crippen molar-refractivity contribution < 1.29 is 19.4 Å². The van der Waals surface area contributed by atoms with Crippen LogP contribution in [0.5, 0.6) is 11.5 Å². The van der Waals surface area contributed by atoms with Crippen LogP contribution in [-0.4, -0.2) is 31.3 Å². The molecule has 0 fully saturated rings. The molecule has 1 aromatic carbocycles. The topological polar surface area (TPSA) is 81.8 Å². The van der Waals surface area contributed by atoms with Crippen LogP contribution in [0.2, 0.25) is 5.02 Å². The normalized spacial score (nSPS) is 12.1. The van der Waals surface area contributed by atoms with Gasteiger partial charge in [0.15, 0.2) is 11.5 Å². The summed E-state index contributed by atoms with van der Waals surface area (Å²) in [5.41, 5.74) is 7.00. The van der Waals surface area contributed by atoms with Crippen molar-refractivity contribution in [2.24, 2.45) is 5.73 Å². The molecular formula is C13H18ClNO4. The monoisotopic (exact) mass is 287 g/mol. The Bertz CT molecular complexity index is 476. The van der Waals surface area contributed by atoms with Gasteiger partial charge >= 0.3 is 5.97 Å². The van der Waals surface area contributed by atoms with Gasteiger partial charge in [-0.1, -0.05) is 18.5 Å². The van der Waals surface area contributed by atoms with Gasteiger partial charge in [0, 0.05) is 12.0 Å². The number of aliphatic carboxylic acids is 1. The Morgan fingerprint density at radius 3 is 2.53 bits per heavy atom. The van der Waals surface area contributed by atoms with E-state index in [1.54, 1.807) is 6.07 Å². The molecule has 0 spiro atoms. The van der Waals surface area contributed by atoms with E-state index in [9.17, 15) is 4.79 Å². The van der Waals surface area contributed by atoms with Crippen LogP contribution < -0.4 is 15.2 Å². The Labute approximate surface area is 117 Å². The number of nitrogens with two attached hydrogens (primary N) is 1.